The van der Waals surface area contributed by atoms with Gasteiger partial charge >= 0.3 is 0 Å². The van der Waals surface area contributed by atoms with Crippen molar-refractivity contribution in [2.75, 3.05) is 13.2 Å². The molecule has 118 valence electrons. The van der Waals surface area contributed by atoms with Crippen LogP contribution in [0.15, 0.2) is 65.2 Å². The molecule has 0 aliphatic rings. The number of hydrogen-bond acceptors (Lipinski definition) is 5. The Balaban J connectivity index is 1.57. The lowest BCUT2D eigenvalue weighted by molar-refractivity contribution is 0.201. The fraction of sp³-hybridized carbons (Fsp3) is 0.167. The summed E-state index contributed by atoms with van der Waals surface area (Å²) in [6, 6.07) is 18.9. The molecule has 0 aliphatic carbocycles. The molecule has 3 aromatic rings. The third kappa shape index (κ3) is 4.11. The van der Waals surface area contributed by atoms with E-state index in [1.54, 1.807) is 12.1 Å². The average molecular weight is 311 g/mol. The first-order chi connectivity index (χ1) is 11.3. The molecule has 5 nitrogen and oxygen atoms in total. The van der Waals surface area contributed by atoms with Crippen LogP contribution in [0.2, 0.25) is 0 Å². The lowest BCUT2D eigenvalue weighted by Crippen LogP contribution is -2.01. The molecule has 0 fully saturated rings. The van der Waals surface area contributed by atoms with Crippen molar-refractivity contribution in [2.45, 2.75) is 6.61 Å². The van der Waals surface area contributed by atoms with E-state index < -0.39 is 0 Å². The number of aliphatic hydroxyl groups excluding tert-OH is 1. The molecule has 1 N–H and O–H groups in total. The van der Waals surface area contributed by atoms with Gasteiger partial charge in [-0.15, -0.1) is 0 Å². The van der Waals surface area contributed by atoms with Crippen molar-refractivity contribution in [3.63, 3.8) is 0 Å². The fourth-order valence-electron chi connectivity index (χ4n) is 2.07. The van der Waals surface area contributed by atoms with Gasteiger partial charge in [0.1, 0.15) is 30.4 Å². The molecule has 0 atom stereocenters. The molecule has 1 aromatic heterocycles. The van der Waals surface area contributed by atoms with E-state index in [4.69, 9.17) is 19.1 Å². The standard InChI is InChI=1S/C18H17NO4/c20-10-11-21-16-6-8-17(9-7-16)22-13-15-12-18(23-19-15)14-4-2-1-3-5-14/h1-9,12,20H,10-11,13H2. The van der Waals surface area contributed by atoms with Crippen molar-refractivity contribution >= 4 is 0 Å². The maximum atomic E-state index is 8.71. The van der Waals surface area contributed by atoms with Crippen LogP contribution in [-0.4, -0.2) is 23.5 Å². The molecule has 5 heteroatoms. The van der Waals surface area contributed by atoms with E-state index in [-0.39, 0.29) is 13.2 Å². The van der Waals surface area contributed by atoms with Gasteiger partial charge in [-0.05, 0) is 24.3 Å². The third-order valence-corrected chi connectivity index (χ3v) is 3.19. The summed E-state index contributed by atoms with van der Waals surface area (Å²) >= 11 is 0. The Bertz CT molecular complexity index is 722. The van der Waals surface area contributed by atoms with Gasteiger partial charge in [0.15, 0.2) is 5.76 Å². The number of benzene rings is 2. The molecule has 23 heavy (non-hydrogen) atoms. The first kappa shape index (κ1) is 15.1. The monoisotopic (exact) mass is 311 g/mol. The lowest BCUT2D eigenvalue weighted by Gasteiger charge is -2.06. The number of ether oxygens (including phenoxy) is 2. The maximum Gasteiger partial charge on any atom is 0.167 e. The molecule has 0 aliphatic heterocycles. The molecule has 3 rings (SSSR count). The summed E-state index contributed by atoms with van der Waals surface area (Å²) in [5, 5.41) is 12.7. The SMILES string of the molecule is OCCOc1ccc(OCc2cc(-c3ccccc3)on2)cc1. The number of hydrogen-bond donors (Lipinski definition) is 1. The molecule has 0 radical (unpaired) electrons. The van der Waals surface area contributed by atoms with Crippen LogP contribution in [0.25, 0.3) is 11.3 Å². The molecular formula is C18H17NO4. The number of aliphatic hydroxyl groups is 1. The second kappa shape index (κ2) is 7.47. The number of rotatable bonds is 7. The highest BCUT2D eigenvalue weighted by Gasteiger charge is 2.07. The predicted octanol–water partition coefficient (Wildman–Crippen LogP) is 3.29. The molecule has 0 amide bonds. The summed E-state index contributed by atoms with van der Waals surface area (Å²) < 4.78 is 16.3. The van der Waals surface area contributed by atoms with E-state index in [0.717, 1.165) is 17.0 Å². The molecule has 0 saturated heterocycles. The van der Waals surface area contributed by atoms with Gasteiger partial charge in [0.05, 0.1) is 6.61 Å². The van der Waals surface area contributed by atoms with Gasteiger partial charge in [-0.25, -0.2) is 0 Å². The largest absolute Gasteiger partial charge is 0.491 e. The zero-order chi connectivity index (χ0) is 15.9. The summed E-state index contributed by atoms with van der Waals surface area (Å²) in [4.78, 5) is 0. The third-order valence-electron chi connectivity index (χ3n) is 3.19. The molecule has 1 heterocycles. The van der Waals surface area contributed by atoms with Gasteiger partial charge < -0.3 is 19.1 Å². The first-order valence-electron chi connectivity index (χ1n) is 7.33. The van der Waals surface area contributed by atoms with E-state index in [0.29, 0.717) is 18.1 Å². The quantitative estimate of drug-likeness (QED) is 0.725. The van der Waals surface area contributed by atoms with Gasteiger partial charge in [0.2, 0.25) is 0 Å². The fourth-order valence-corrected chi connectivity index (χ4v) is 2.07. The minimum absolute atomic E-state index is 0.00580. The van der Waals surface area contributed by atoms with Crippen LogP contribution in [0.3, 0.4) is 0 Å². The topological polar surface area (TPSA) is 64.7 Å². The lowest BCUT2D eigenvalue weighted by atomic mass is 10.2. The highest BCUT2D eigenvalue weighted by atomic mass is 16.5. The molecule has 0 unspecified atom stereocenters. The Hall–Kier alpha value is -2.79. The molecule has 0 saturated carbocycles. The highest BCUT2D eigenvalue weighted by molar-refractivity contribution is 5.56. The van der Waals surface area contributed by atoms with Gasteiger partial charge in [0.25, 0.3) is 0 Å². The summed E-state index contributed by atoms with van der Waals surface area (Å²) in [6.07, 6.45) is 0. The van der Waals surface area contributed by atoms with Crippen LogP contribution in [0.1, 0.15) is 5.69 Å². The van der Waals surface area contributed by atoms with Crippen LogP contribution < -0.4 is 9.47 Å². The van der Waals surface area contributed by atoms with Crippen LogP contribution in [0.5, 0.6) is 11.5 Å². The zero-order valence-electron chi connectivity index (χ0n) is 12.5. The van der Waals surface area contributed by atoms with Gasteiger partial charge in [-0.1, -0.05) is 35.5 Å². The van der Waals surface area contributed by atoms with Crippen molar-refractivity contribution in [1.82, 2.24) is 5.16 Å². The molecule has 0 bridgehead atoms. The molecular weight excluding hydrogens is 294 g/mol. The second-order valence-corrected chi connectivity index (χ2v) is 4.88. The predicted molar refractivity (Wildman–Crippen MR) is 85.3 cm³/mol. The molecule has 2 aromatic carbocycles. The van der Waals surface area contributed by atoms with Crippen molar-refractivity contribution in [3.05, 3.63) is 66.4 Å². The summed E-state index contributed by atoms with van der Waals surface area (Å²) in [5.41, 5.74) is 1.71. The minimum Gasteiger partial charge on any atom is -0.491 e. The molecule has 0 spiro atoms. The van der Waals surface area contributed by atoms with Crippen molar-refractivity contribution in [1.29, 1.82) is 0 Å². The van der Waals surface area contributed by atoms with Crippen LogP contribution in [0, 0.1) is 0 Å². The highest BCUT2D eigenvalue weighted by Crippen LogP contribution is 2.22. The van der Waals surface area contributed by atoms with E-state index in [1.165, 1.54) is 0 Å². The Kier molecular flexibility index (Phi) is 4.91. The van der Waals surface area contributed by atoms with E-state index in [2.05, 4.69) is 5.16 Å². The normalized spacial score (nSPS) is 10.5. The van der Waals surface area contributed by atoms with Gasteiger partial charge in [0, 0.05) is 11.6 Å². The smallest absolute Gasteiger partial charge is 0.167 e. The maximum absolute atomic E-state index is 8.71. The Morgan fingerprint density at radius 3 is 2.30 bits per heavy atom. The summed E-state index contributed by atoms with van der Waals surface area (Å²) in [7, 11) is 0. The van der Waals surface area contributed by atoms with Crippen LogP contribution in [-0.2, 0) is 6.61 Å². The van der Waals surface area contributed by atoms with Gasteiger partial charge in [-0.3, -0.25) is 0 Å². The van der Waals surface area contributed by atoms with Crippen LogP contribution >= 0.6 is 0 Å². The minimum atomic E-state index is -0.00580. The van der Waals surface area contributed by atoms with E-state index >= 15 is 0 Å². The van der Waals surface area contributed by atoms with Crippen molar-refractivity contribution < 1.29 is 19.1 Å². The van der Waals surface area contributed by atoms with Gasteiger partial charge in [-0.2, -0.15) is 0 Å². The zero-order valence-corrected chi connectivity index (χ0v) is 12.5. The first-order valence-corrected chi connectivity index (χ1v) is 7.33. The van der Waals surface area contributed by atoms with E-state index in [1.807, 2.05) is 48.5 Å². The Morgan fingerprint density at radius 2 is 1.61 bits per heavy atom. The number of nitrogens with zero attached hydrogens (tertiary/aromatic N) is 1. The second-order valence-electron chi connectivity index (χ2n) is 4.88. The van der Waals surface area contributed by atoms with Crippen molar-refractivity contribution in [3.8, 4) is 22.8 Å². The average Bonchev–Trinajstić information content (AvgIpc) is 3.09. The van der Waals surface area contributed by atoms with Crippen LogP contribution in [0.4, 0.5) is 0 Å². The van der Waals surface area contributed by atoms with Crippen molar-refractivity contribution in [2.24, 2.45) is 0 Å². The summed E-state index contributed by atoms with van der Waals surface area (Å²) in [6.45, 7) is 0.600. The Labute approximate surface area is 134 Å². The van der Waals surface area contributed by atoms with E-state index in [9.17, 15) is 0 Å². The number of aromatic nitrogens is 1. The summed E-state index contributed by atoms with van der Waals surface area (Å²) in [5.74, 6) is 2.13. The Morgan fingerprint density at radius 1 is 0.913 bits per heavy atom.